The number of rotatable bonds is 5. The molecule has 106 valence electrons. The van der Waals surface area contributed by atoms with Crippen LogP contribution >= 0.6 is 15.9 Å². The lowest BCUT2D eigenvalue weighted by Crippen LogP contribution is -2.45. The Balaban J connectivity index is 1.76. The van der Waals surface area contributed by atoms with Crippen molar-refractivity contribution in [1.82, 2.24) is 9.80 Å². The normalized spacial score (nSPS) is 17.6. The molecule has 0 amide bonds. The Morgan fingerprint density at radius 1 is 1.26 bits per heavy atom. The number of ether oxygens (including phenoxy) is 1. The third-order valence-electron chi connectivity index (χ3n) is 3.49. The third kappa shape index (κ3) is 4.45. The Morgan fingerprint density at radius 3 is 2.63 bits per heavy atom. The monoisotopic (exact) mass is 327 g/mol. The fourth-order valence-electron chi connectivity index (χ4n) is 2.14. The van der Waals surface area contributed by atoms with Gasteiger partial charge in [0.15, 0.2) is 0 Å². The summed E-state index contributed by atoms with van der Waals surface area (Å²) in [6, 6.07) is 6.01. The second kappa shape index (κ2) is 7.24. The summed E-state index contributed by atoms with van der Waals surface area (Å²) < 4.78 is 6.80. The Labute approximate surface area is 123 Å². The summed E-state index contributed by atoms with van der Waals surface area (Å²) in [6.07, 6.45) is 0. The molecular formula is C14H22BrN3O. The van der Waals surface area contributed by atoms with Crippen molar-refractivity contribution in [2.75, 3.05) is 46.4 Å². The van der Waals surface area contributed by atoms with Crippen molar-refractivity contribution < 1.29 is 4.74 Å². The lowest BCUT2D eigenvalue weighted by Gasteiger charge is -2.32. The Hall–Kier alpha value is -0.620. The molecule has 0 spiro atoms. The number of hydrogen-bond acceptors (Lipinski definition) is 4. The summed E-state index contributed by atoms with van der Waals surface area (Å²) in [5, 5.41) is 0. The number of benzene rings is 1. The third-order valence-corrected chi connectivity index (χ3v) is 4.11. The molecule has 0 unspecified atom stereocenters. The molecule has 1 saturated heterocycles. The smallest absolute Gasteiger partial charge is 0.133 e. The average molecular weight is 328 g/mol. The summed E-state index contributed by atoms with van der Waals surface area (Å²) in [6.45, 7) is 6.83. The van der Waals surface area contributed by atoms with E-state index in [4.69, 9.17) is 10.5 Å². The van der Waals surface area contributed by atoms with Gasteiger partial charge in [0.2, 0.25) is 0 Å². The minimum Gasteiger partial charge on any atom is -0.491 e. The van der Waals surface area contributed by atoms with E-state index in [0.29, 0.717) is 6.54 Å². The highest BCUT2D eigenvalue weighted by molar-refractivity contribution is 9.10. The van der Waals surface area contributed by atoms with Crippen molar-refractivity contribution in [3.63, 3.8) is 0 Å². The average Bonchev–Trinajstić information content (AvgIpc) is 2.42. The minimum absolute atomic E-state index is 0.556. The summed E-state index contributed by atoms with van der Waals surface area (Å²) >= 11 is 3.52. The van der Waals surface area contributed by atoms with Gasteiger partial charge < -0.3 is 15.4 Å². The molecule has 1 aromatic carbocycles. The molecule has 1 aromatic rings. The number of piperazine rings is 1. The number of nitrogens with zero attached hydrogens (tertiary/aromatic N) is 2. The molecule has 0 saturated carbocycles. The lowest BCUT2D eigenvalue weighted by molar-refractivity contribution is 0.133. The van der Waals surface area contributed by atoms with Crippen molar-refractivity contribution in [1.29, 1.82) is 0 Å². The van der Waals surface area contributed by atoms with E-state index < -0.39 is 0 Å². The largest absolute Gasteiger partial charge is 0.491 e. The minimum atomic E-state index is 0.556. The first-order chi connectivity index (χ1) is 9.19. The lowest BCUT2D eigenvalue weighted by atomic mass is 10.2. The zero-order valence-corrected chi connectivity index (χ0v) is 13.0. The van der Waals surface area contributed by atoms with Crippen LogP contribution in [0.5, 0.6) is 5.75 Å². The van der Waals surface area contributed by atoms with Gasteiger partial charge in [0.05, 0.1) is 4.47 Å². The van der Waals surface area contributed by atoms with Crippen LogP contribution < -0.4 is 10.5 Å². The molecule has 2 rings (SSSR count). The summed E-state index contributed by atoms with van der Waals surface area (Å²) in [5.41, 5.74) is 6.71. The van der Waals surface area contributed by atoms with Gasteiger partial charge in [0, 0.05) is 39.3 Å². The van der Waals surface area contributed by atoms with Crippen LogP contribution in [0.1, 0.15) is 5.56 Å². The zero-order valence-electron chi connectivity index (χ0n) is 11.4. The second-order valence-corrected chi connectivity index (χ2v) is 5.82. The molecule has 0 aromatic heterocycles. The molecule has 19 heavy (non-hydrogen) atoms. The maximum absolute atomic E-state index is 5.82. The van der Waals surface area contributed by atoms with E-state index in [-0.39, 0.29) is 0 Å². The molecule has 1 fully saturated rings. The number of likely N-dealkylation sites (N-methyl/N-ethyl adjacent to an activating group) is 1. The fourth-order valence-corrected chi connectivity index (χ4v) is 2.69. The Kier molecular flexibility index (Phi) is 5.63. The van der Waals surface area contributed by atoms with E-state index in [2.05, 4.69) is 32.8 Å². The SMILES string of the molecule is CN1CCN(CCOc2ccc(CN)cc2Br)CC1. The topological polar surface area (TPSA) is 41.7 Å². The first-order valence-electron chi connectivity index (χ1n) is 6.71. The fraction of sp³-hybridized carbons (Fsp3) is 0.571. The van der Waals surface area contributed by atoms with E-state index in [9.17, 15) is 0 Å². The molecule has 2 N–H and O–H groups in total. The highest BCUT2D eigenvalue weighted by Gasteiger charge is 2.13. The van der Waals surface area contributed by atoms with Gasteiger partial charge in [-0.2, -0.15) is 0 Å². The van der Waals surface area contributed by atoms with Crippen LogP contribution in [0.15, 0.2) is 22.7 Å². The van der Waals surface area contributed by atoms with Gasteiger partial charge in [-0.3, -0.25) is 4.90 Å². The van der Waals surface area contributed by atoms with E-state index in [1.54, 1.807) is 0 Å². The van der Waals surface area contributed by atoms with Crippen molar-refractivity contribution in [2.24, 2.45) is 5.73 Å². The standard InChI is InChI=1S/C14H22BrN3O/c1-17-4-6-18(7-5-17)8-9-19-14-3-2-12(11-16)10-13(14)15/h2-3,10H,4-9,11,16H2,1H3. The van der Waals surface area contributed by atoms with Gasteiger partial charge in [0.1, 0.15) is 12.4 Å². The van der Waals surface area contributed by atoms with Gasteiger partial charge in [-0.15, -0.1) is 0 Å². The Morgan fingerprint density at radius 2 is 2.00 bits per heavy atom. The first kappa shape index (κ1) is 14.8. The Bertz CT molecular complexity index is 406. The number of hydrogen-bond donors (Lipinski definition) is 1. The van der Waals surface area contributed by atoms with Gasteiger partial charge in [-0.25, -0.2) is 0 Å². The van der Waals surface area contributed by atoms with Gasteiger partial charge in [-0.05, 0) is 40.7 Å². The number of halogens is 1. The molecule has 1 aliphatic heterocycles. The molecular weight excluding hydrogens is 306 g/mol. The maximum Gasteiger partial charge on any atom is 0.133 e. The molecule has 1 heterocycles. The van der Waals surface area contributed by atoms with Gasteiger partial charge >= 0.3 is 0 Å². The van der Waals surface area contributed by atoms with Crippen LogP contribution in [-0.2, 0) is 6.54 Å². The zero-order chi connectivity index (χ0) is 13.7. The van der Waals surface area contributed by atoms with Crippen LogP contribution in [0, 0.1) is 0 Å². The molecule has 0 radical (unpaired) electrons. The summed E-state index contributed by atoms with van der Waals surface area (Å²) in [7, 11) is 2.17. The highest BCUT2D eigenvalue weighted by Crippen LogP contribution is 2.25. The maximum atomic E-state index is 5.82. The first-order valence-corrected chi connectivity index (χ1v) is 7.50. The summed E-state index contributed by atoms with van der Waals surface area (Å²) in [4.78, 5) is 4.81. The predicted molar refractivity (Wildman–Crippen MR) is 81.5 cm³/mol. The van der Waals surface area contributed by atoms with E-state index >= 15 is 0 Å². The van der Waals surface area contributed by atoms with Crippen LogP contribution in [0.25, 0.3) is 0 Å². The van der Waals surface area contributed by atoms with Crippen LogP contribution in [0.2, 0.25) is 0 Å². The molecule has 0 bridgehead atoms. The van der Waals surface area contributed by atoms with E-state index in [1.165, 1.54) is 0 Å². The highest BCUT2D eigenvalue weighted by atomic mass is 79.9. The molecule has 5 heteroatoms. The van der Waals surface area contributed by atoms with Gasteiger partial charge in [0.25, 0.3) is 0 Å². The summed E-state index contributed by atoms with van der Waals surface area (Å²) in [5.74, 6) is 0.895. The predicted octanol–water partition coefficient (Wildman–Crippen LogP) is 1.53. The van der Waals surface area contributed by atoms with Crippen molar-refractivity contribution >= 4 is 15.9 Å². The number of nitrogens with two attached hydrogens (primary N) is 1. The molecule has 0 aliphatic carbocycles. The van der Waals surface area contributed by atoms with Crippen molar-refractivity contribution in [2.45, 2.75) is 6.54 Å². The molecule has 4 nitrogen and oxygen atoms in total. The quantitative estimate of drug-likeness (QED) is 0.890. The van der Waals surface area contributed by atoms with Crippen LogP contribution in [0.3, 0.4) is 0 Å². The second-order valence-electron chi connectivity index (χ2n) is 4.96. The van der Waals surface area contributed by atoms with E-state index in [1.807, 2.05) is 18.2 Å². The van der Waals surface area contributed by atoms with Crippen molar-refractivity contribution in [3.8, 4) is 5.75 Å². The van der Waals surface area contributed by atoms with E-state index in [0.717, 1.165) is 55.1 Å². The van der Waals surface area contributed by atoms with Crippen LogP contribution in [-0.4, -0.2) is 56.2 Å². The van der Waals surface area contributed by atoms with Gasteiger partial charge in [-0.1, -0.05) is 6.07 Å². The molecule has 0 atom stereocenters. The molecule has 1 aliphatic rings. The van der Waals surface area contributed by atoms with Crippen molar-refractivity contribution in [3.05, 3.63) is 28.2 Å². The van der Waals surface area contributed by atoms with Crippen LogP contribution in [0.4, 0.5) is 0 Å².